The highest BCUT2D eigenvalue weighted by molar-refractivity contribution is 6.07. The van der Waals surface area contributed by atoms with Crippen molar-refractivity contribution in [1.29, 1.82) is 0 Å². The molecule has 0 spiro atoms. The summed E-state index contributed by atoms with van der Waals surface area (Å²) < 4.78 is 11.1. The van der Waals surface area contributed by atoms with Crippen LogP contribution in [-0.2, 0) is 12.8 Å². The molecule has 0 amide bonds. The lowest BCUT2D eigenvalue weighted by Gasteiger charge is -2.36. The Morgan fingerprint density at radius 3 is 2.60 bits per heavy atom. The van der Waals surface area contributed by atoms with Gasteiger partial charge in [0.1, 0.15) is 12.1 Å². The zero-order valence-electron chi connectivity index (χ0n) is 22.2. The number of aromatic nitrogens is 4. The SMILES string of the molecule is COc1cc(Cc2cnc(N)nc2N)cc(C(=O)/C=C/N2CCc3ccccc3C2c2cncnc2)c1OC.Cl. The van der Waals surface area contributed by atoms with Crippen molar-refractivity contribution in [2.45, 2.75) is 18.9 Å². The molecule has 0 fully saturated rings. The average molecular weight is 560 g/mol. The normalized spacial score (nSPS) is 14.3. The molecule has 10 nitrogen and oxygen atoms in total. The lowest BCUT2D eigenvalue weighted by atomic mass is 9.89. The van der Waals surface area contributed by atoms with Crippen molar-refractivity contribution in [2.75, 3.05) is 32.2 Å². The minimum atomic E-state index is -0.226. The van der Waals surface area contributed by atoms with Crippen LogP contribution >= 0.6 is 12.4 Å². The van der Waals surface area contributed by atoms with Gasteiger partial charge in [-0.25, -0.2) is 15.0 Å². The van der Waals surface area contributed by atoms with Crippen LogP contribution in [0.1, 0.15) is 44.2 Å². The number of nitrogens with zero attached hydrogens (tertiary/aromatic N) is 5. The molecule has 0 saturated heterocycles. The molecule has 1 aliphatic heterocycles. The number of anilines is 2. The predicted molar refractivity (Wildman–Crippen MR) is 155 cm³/mol. The first-order chi connectivity index (χ1) is 19.0. The first-order valence-corrected chi connectivity index (χ1v) is 12.4. The summed E-state index contributed by atoms with van der Waals surface area (Å²) >= 11 is 0. The van der Waals surface area contributed by atoms with Crippen LogP contribution < -0.4 is 20.9 Å². The molecule has 0 aliphatic carbocycles. The standard InChI is InChI=1S/C29H29N7O3.ClH/c1-38-25-13-18(11-20-16-34-29(31)35-28(20)30)12-23(27(25)39-2)24(37)8-10-36-9-7-19-5-3-4-6-22(19)26(36)21-14-32-17-33-15-21;/h3-6,8,10,12-17,26H,7,9,11H2,1-2H3,(H4,30,31,34,35);1H/b10-8+;. The van der Waals surface area contributed by atoms with E-state index in [0.717, 1.165) is 24.1 Å². The number of nitrogens with two attached hydrogens (primary N) is 2. The third-order valence-corrected chi connectivity index (χ3v) is 6.75. The molecule has 1 atom stereocenters. The first kappa shape index (κ1) is 28.3. The number of nitrogen functional groups attached to an aromatic ring is 2. The zero-order valence-corrected chi connectivity index (χ0v) is 23.0. The van der Waals surface area contributed by atoms with E-state index >= 15 is 0 Å². The van der Waals surface area contributed by atoms with Crippen molar-refractivity contribution < 1.29 is 14.3 Å². The minimum absolute atomic E-state index is 0. The number of allylic oxidation sites excluding steroid dienone is 1. The van der Waals surface area contributed by atoms with Gasteiger partial charge in [-0.3, -0.25) is 4.79 Å². The second-order valence-electron chi connectivity index (χ2n) is 9.14. The first-order valence-electron chi connectivity index (χ1n) is 12.4. The fourth-order valence-corrected chi connectivity index (χ4v) is 4.92. The highest BCUT2D eigenvalue weighted by atomic mass is 35.5. The van der Waals surface area contributed by atoms with Crippen LogP contribution in [0.2, 0.25) is 0 Å². The van der Waals surface area contributed by atoms with Crippen LogP contribution in [0.5, 0.6) is 11.5 Å². The third-order valence-electron chi connectivity index (χ3n) is 6.75. The molecule has 5 rings (SSSR count). The third kappa shape index (κ3) is 5.81. The van der Waals surface area contributed by atoms with Crippen molar-refractivity contribution in [3.63, 3.8) is 0 Å². The molecule has 11 heteroatoms. The zero-order chi connectivity index (χ0) is 27.4. The average Bonchev–Trinajstić information content (AvgIpc) is 2.96. The van der Waals surface area contributed by atoms with Crippen LogP contribution in [0, 0.1) is 0 Å². The largest absolute Gasteiger partial charge is 0.493 e. The Kier molecular flexibility index (Phi) is 8.80. The molecule has 0 bridgehead atoms. The number of carbonyl (C=O) groups is 1. The molecular formula is C29H30ClN7O3. The van der Waals surface area contributed by atoms with E-state index in [-0.39, 0.29) is 36.0 Å². The van der Waals surface area contributed by atoms with Gasteiger partial charge in [0.2, 0.25) is 5.95 Å². The maximum atomic E-state index is 13.6. The monoisotopic (exact) mass is 559 g/mol. The number of fused-ring (bicyclic) bond motifs is 1. The summed E-state index contributed by atoms with van der Waals surface area (Å²) in [4.78, 5) is 32.3. The summed E-state index contributed by atoms with van der Waals surface area (Å²) in [5.41, 5.74) is 16.9. The summed E-state index contributed by atoms with van der Waals surface area (Å²) in [7, 11) is 3.04. The quantitative estimate of drug-likeness (QED) is 0.242. The second kappa shape index (κ2) is 12.4. The number of hydrogen-bond acceptors (Lipinski definition) is 10. The van der Waals surface area contributed by atoms with Gasteiger partial charge >= 0.3 is 0 Å². The Morgan fingerprint density at radius 1 is 1.10 bits per heavy atom. The topological polar surface area (TPSA) is 142 Å². The van der Waals surface area contributed by atoms with Gasteiger partial charge in [0.15, 0.2) is 17.3 Å². The summed E-state index contributed by atoms with van der Waals surface area (Å²) in [6, 6.07) is 11.8. The molecule has 2 aromatic carbocycles. The Hall–Kier alpha value is -4.70. The molecule has 40 heavy (non-hydrogen) atoms. The number of halogens is 1. The van der Waals surface area contributed by atoms with Crippen molar-refractivity contribution in [2.24, 2.45) is 0 Å². The molecule has 4 N–H and O–H groups in total. The van der Waals surface area contributed by atoms with E-state index in [9.17, 15) is 4.79 Å². The van der Waals surface area contributed by atoms with E-state index in [1.165, 1.54) is 31.7 Å². The smallest absolute Gasteiger partial charge is 0.221 e. The van der Waals surface area contributed by atoms with Gasteiger partial charge < -0.3 is 25.8 Å². The minimum Gasteiger partial charge on any atom is -0.493 e. The van der Waals surface area contributed by atoms with E-state index in [4.69, 9.17) is 20.9 Å². The lowest BCUT2D eigenvalue weighted by Crippen LogP contribution is -2.32. The van der Waals surface area contributed by atoms with Gasteiger partial charge in [0.25, 0.3) is 0 Å². The van der Waals surface area contributed by atoms with Crippen LogP contribution in [-0.4, -0.2) is 51.4 Å². The molecule has 4 aromatic rings. The molecule has 206 valence electrons. The Morgan fingerprint density at radius 2 is 1.88 bits per heavy atom. The van der Waals surface area contributed by atoms with Crippen molar-refractivity contribution in [3.05, 3.63) is 107 Å². The predicted octanol–water partition coefficient (Wildman–Crippen LogP) is 3.80. The van der Waals surface area contributed by atoms with Crippen LogP contribution in [0.25, 0.3) is 0 Å². The van der Waals surface area contributed by atoms with Gasteiger partial charge in [-0.2, -0.15) is 4.98 Å². The molecular weight excluding hydrogens is 530 g/mol. The summed E-state index contributed by atoms with van der Waals surface area (Å²) in [5, 5.41) is 0. The van der Waals surface area contributed by atoms with E-state index in [1.54, 1.807) is 18.3 Å². The van der Waals surface area contributed by atoms with Crippen molar-refractivity contribution >= 4 is 30.0 Å². The Labute approximate surface area is 238 Å². The summed E-state index contributed by atoms with van der Waals surface area (Å²) in [5.74, 6) is 0.953. The lowest BCUT2D eigenvalue weighted by molar-refractivity contribution is 0.104. The second-order valence-corrected chi connectivity index (χ2v) is 9.14. The van der Waals surface area contributed by atoms with Gasteiger partial charge in [-0.1, -0.05) is 24.3 Å². The number of rotatable bonds is 8. The number of ketones is 1. The highest BCUT2D eigenvalue weighted by Crippen LogP contribution is 2.36. The maximum absolute atomic E-state index is 13.6. The molecule has 2 aromatic heterocycles. The van der Waals surface area contributed by atoms with E-state index < -0.39 is 0 Å². The van der Waals surface area contributed by atoms with E-state index in [2.05, 4.69) is 37.0 Å². The molecule has 0 saturated carbocycles. The summed E-state index contributed by atoms with van der Waals surface area (Å²) in [6.07, 6.45) is 11.4. The number of methoxy groups -OCH3 is 2. The van der Waals surface area contributed by atoms with Crippen LogP contribution in [0.15, 0.2) is 73.6 Å². The van der Waals surface area contributed by atoms with E-state index in [1.807, 2.05) is 36.8 Å². The number of benzene rings is 2. The summed E-state index contributed by atoms with van der Waals surface area (Å²) in [6.45, 7) is 0.733. The fourth-order valence-electron chi connectivity index (χ4n) is 4.92. The van der Waals surface area contributed by atoms with Gasteiger partial charge in [-0.05, 0) is 35.2 Å². The van der Waals surface area contributed by atoms with Gasteiger partial charge in [0.05, 0.1) is 25.8 Å². The van der Waals surface area contributed by atoms with Gasteiger partial charge in [0, 0.05) is 55.0 Å². The highest BCUT2D eigenvalue weighted by Gasteiger charge is 2.27. The molecule has 1 unspecified atom stereocenters. The fraction of sp³-hybridized carbons (Fsp3) is 0.207. The van der Waals surface area contributed by atoms with Crippen LogP contribution in [0.3, 0.4) is 0 Å². The molecule has 1 aliphatic rings. The van der Waals surface area contributed by atoms with Crippen molar-refractivity contribution in [1.82, 2.24) is 24.8 Å². The molecule has 0 radical (unpaired) electrons. The van der Waals surface area contributed by atoms with E-state index in [0.29, 0.717) is 29.0 Å². The molecule has 3 heterocycles. The van der Waals surface area contributed by atoms with Crippen molar-refractivity contribution in [3.8, 4) is 11.5 Å². The Bertz CT molecular complexity index is 1530. The Balaban J connectivity index is 0.00000370. The number of carbonyl (C=O) groups excluding carboxylic acids is 1. The van der Waals surface area contributed by atoms with Gasteiger partial charge in [-0.15, -0.1) is 12.4 Å². The van der Waals surface area contributed by atoms with Crippen LogP contribution in [0.4, 0.5) is 11.8 Å². The maximum Gasteiger partial charge on any atom is 0.221 e. The number of ether oxygens (including phenoxy) is 2. The number of hydrogen-bond donors (Lipinski definition) is 2.